The van der Waals surface area contributed by atoms with Gasteiger partial charge in [-0.25, -0.2) is 0 Å². The predicted molar refractivity (Wildman–Crippen MR) is 69.5 cm³/mol. The number of hydrogen-bond acceptors (Lipinski definition) is 4. The van der Waals surface area contributed by atoms with Crippen LogP contribution in [0.2, 0.25) is 0 Å². The summed E-state index contributed by atoms with van der Waals surface area (Å²) in [7, 11) is 0. The summed E-state index contributed by atoms with van der Waals surface area (Å²) < 4.78 is 5.21. The molecule has 1 heterocycles. The summed E-state index contributed by atoms with van der Waals surface area (Å²) in [5, 5.41) is 6.10. The fraction of sp³-hybridized carbons (Fsp3) is 0.750. The molecule has 102 valence electrons. The summed E-state index contributed by atoms with van der Waals surface area (Å²) in [6.07, 6.45) is 0. The molecule has 0 saturated heterocycles. The van der Waals surface area contributed by atoms with Crippen molar-refractivity contribution in [3.05, 3.63) is 11.7 Å². The normalized spacial score (nSPS) is 14.4. The molecule has 0 spiro atoms. The van der Waals surface area contributed by atoms with Gasteiger partial charge >= 0.3 is 0 Å². The lowest BCUT2D eigenvalue weighted by atomic mass is 9.97. The molecular weight excluding hydrogens is 254 g/mol. The van der Waals surface area contributed by atoms with E-state index in [1.165, 1.54) is 0 Å². The van der Waals surface area contributed by atoms with Crippen LogP contribution in [0.5, 0.6) is 0 Å². The number of aromatic nitrogens is 2. The molecule has 1 N–H and O–H groups in total. The first kappa shape index (κ1) is 15.0. The number of nitrogens with one attached hydrogen (secondary N) is 1. The molecule has 0 fully saturated rings. The average molecular weight is 274 g/mol. The van der Waals surface area contributed by atoms with Crippen LogP contribution in [0.25, 0.3) is 0 Å². The van der Waals surface area contributed by atoms with Crippen molar-refractivity contribution in [1.82, 2.24) is 15.5 Å². The minimum Gasteiger partial charge on any atom is -0.343 e. The van der Waals surface area contributed by atoms with Gasteiger partial charge in [0.2, 0.25) is 11.8 Å². The number of hydrogen-bond donors (Lipinski definition) is 1. The fourth-order valence-corrected chi connectivity index (χ4v) is 1.30. The monoisotopic (exact) mass is 273 g/mol. The Bertz CT molecular complexity index is 433. The number of halogens is 1. The number of carbonyl (C=O) groups is 1. The van der Waals surface area contributed by atoms with Gasteiger partial charge in [-0.2, -0.15) is 4.98 Å². The number of nitrogens with zero attached hydrogens (tertiary/aromatic N) is 2. The van der Waals surface area contributed by atoms with Crippen molar-refractivity contribution in [2.24, 2.45) is 0 Å². The molecule has 0 aliphatic carbocycles. The van der Waals surface area contributed by atoms with Gasteiger partial charge in [-0.15, -0.1) is 11.6 Å². The zero-order valence-electron chi connectivity index (χ0n) is 11.7. The molecule has 1 unspecified atom stereocenters. The second kappa shape index (κ2) is 4.88. The molecule has 0 radical (unpaired) electrons. The molecule has 1 aromatic rings. The lowest BCUT2D eigenvalue weighted by molar-refractivity contribution is -0.122. The smallest absolute Gasteiger partial charge is 0.238 e. The first-order valence-corrected chi connectivity index (χ1v) is 6.28. The third-order valence-electron chi connectivity index (χ3n) is 2.42. The highest BCUT2D eigenvalue weighted by atomic mass is 35.5. The van der Waals surface area contributed by atoms with Crippen molar-refractivity contribution >= 4 is 17.5 Å². The molecule has 6 heteroatoms. The van der Waals surface area contributed by atoms with E-state index in [9.17, 15) is 4.79 Å². The fourth-order valence-electron chi connectivity index (χ4n) is 1.25. The van der Waals surface area contributed by atoms with Gasteiger partial charge in [0.1, 0.15) is 5.38 Å². The molecule has 0 aliphatic rings. The van der Waals surface area contributed by atoms with E-state index in [1.54, 1.807) is 6.92 Å². The maximum atomic E-state index is 11.6. The van der Waals surface area contributed by atoms with Crippen LogP contribution in [0, 0.1) is 0 Å². The molecule has 1 amide bonds. The maximum Gasteiger partial charge on any atom is 0.238 e. The first-order valence-electron chi connectivity index (χ1n) is 5.85. The molecule has 0 aromatic carbocycles. The summed E-state index contributed by atoms with van der Waals surface area (Å²) in [5.74, 6) is 0.723. The number of amides is 1. The van der Waals surface area contributed by atoms with E-state index in [1.807, 2.05) is 34.6 Å². The van der Waals surface area contributed by atoms with Crippen LogP contribution in [0.1, 0.15) is 53.3 Å². The van der Waals surface area contributed by atoms with Gasteiger partial charge in [-0.1, -0.05) is 25.9 Å². The summed E-state index contributed by atoms with van der Waals surface area (Å²) in [6, 6.07) is 0. The van der Waals surface area contributed by atoms with E-state index in [4.69, 9.17) is 16.1 Å². The number of carbonyl (C=O) groups excluding carboxylic acids is 1. The molecule has 0 aliphatic heterocycles. The molecule has 5 nitrogen and oxygen atoms in total. The highest BCUT2D eigenvalue weighted by Crippen LogP contribution is 2.24. The van der Waals surface area contributed by atoms with Gasteiger partial charge < -0.3 is 9.84 Å². The van der Waals surface area contributed by atoms with E-state index in [0.29, 0.717) is 11.7 Å². The van der Waals surface area contributed by atoms with E-state index in [-0.39, 0.29) is 11.3 Å². The Balaban J connectivity index is 2.92. The Morgan fingerprint density at radius 3 is 2.28 bits per heavy atom. The zero-order valence-corrected chi connectivity index (χ0v) is 12.4. The predicted octanol–water partition coefficient (Wildman–Crippen LogP) is 2.35. The summed E-state index contributed by atoms with van der Waals surface area (Å²) >= 11 is 5.72. The van der Waals surface area contributed by atoms with Gasteiger partial charge in [0.05, 0.1) is 5.54 Å². The maximum absolute atomic E-state index is 11.6. The third-order valence-corrected chi connectivity index (χ3v) is 2.62. The first-order chi connectivity index (χ1) is 8.04. The molecule has 1 aromatic heterocycles. The lowest BCUT2D eigenvalue weighted by Crippen LogP contribution is -2.44. The summed E-state index contributed by atoms with van der Waals surface area (Å²) in [6.45, 7) is 11.2. The average Bonchev–Trinajstić information content (AvgIpc) is 2.64. The van der Waals surface area contributed by atoms with Crippen LogP contribution in [-0.4, -0.2) is 21.4 Å². The Morgan fingerprint density at radius 2 is 1.89 bits per heavy atom. The van der Waals surface area contributed by atoms with E-state index < -0.39 is 10.9 Å². The van der Waals surface area contributed by atoms with Crippen LogP contribution in [0.4, 0.5) is 0 Å². The molecule has 1 atom stereocenters. The minimum atomic E-state index is -0.715. The van der Waals surface area contributed by atoms with Crippen molar-refractivity contribution in [2.75, 3.05) is 0 Å². The topological polar surface area (TPSA) is 68.0 Å². The minimum absolute atomic E-state index is 0.217. The third kappa shape index (κ3) is 3.45. The van der Waals surface area contributed by atoms with Gasteiger partial charge in [-0.3, -0.25) is 4.79 Å². The van der Waals surface area contributed by atoms with Crippen molar-refractivity contribution in [2.45, 2.75) is 57.9 Å². The van der Waals surface area contributed by atoms with E-state index in [2.05, 4.69) is 15.5 Å². The standard InChI is InChI=1S/C12H20ClN3O2/c1-7(13)8(17)15-12(5,6)9-14-10(18-16-9)11(2,3)4/h7H,1-6H3,(H,15,17). The van der Waals surface area contributed by atoms with Crippen LogP contribution in [0.3, 0.4) is 0 Å². The highest BCUT2D eigenvalue weighted by Gasteiger charge is 2.32. The van der Waals surface area contributed by atoms with Crippen molar-refractivity contribution in [3.8, 4) is 0 Å². The van der Waals surface area contributed by atoms with E-state index in [0.717, 1.165) is 0 Å². The van der Waals surface area contributed by atoms with E-state index >= 15 is 0 Å². The molecule has 18 heavy (non-hydrogen) atoms. The zero-order chi connectivity index (χ0) is 14.1. The molecule has 0 saturated carbocycles. The van der Waals surface area contributed by atoms with Gasteiger partial charge in [0.25, 0.3) is 0 Å². The largest absolute Gasteiger partial charge is 0.343 e. The van der Waals surface area contributed by atoms with Crippen molar-refractivity contribution in [3.63, 3.8) is 0 Å². The Kier molecular flexibility index (Phi) is 4.05. The van der Waals surface area contributed by atoms with Gasteiger partial charge in [0.15, 0.2) is 5.82 Å². The molecule has 0 bridgehead atoms. The molecule has 1 rings (SSSR count). The van der Waals surface area contributed by atoms with Gasteiger partial charge in [0, 0.05) is 5.41 Å². The Hall–Kier alpha value is -1.10. The highest BCUT2D eigenvalue weighted by molar-refractivity contribution is 6.30. The summed E-state index contributed by atoms with van der Waals surface area (Å²) in [5.41, 5.74) is -0.932. The molecular formula is C12H20ClN3O2. The Labute approximate surface area is 112 Å². The second-order valence-corrected chi connectivity index (χ2v) is 6.56. The van der Waals surface area contributed by atoms with Crippen LogP contribution >= 0.6 is 11.6 Å². The second-order valence-electron chi connectivity index (χ2n) is 5.90. The van der Waals surface area contributed by atoms with Gasteiger partial charge in [-0.05, 0) is 20.8 Å². The Morgan fingerprint density at radius 1 is 1.33 bits per heavy atom. The lowest BCUT2D eigenvalue weighted by Gasteiger charge is -2.23. The number of alkyl halides is 1. The number of rotatable bonds is 3. The van der Waals surface area contributed by atoms with Crippen LogP contribution < -0.4 is 5.32 Å². The van der Waals surface area contributed by atoms with Crippen LogP contribution in [0.15, 0.2) is 4.52 Å². The quantitative estimate of drug-likeness (QED) is 0.859. The van der Waals surface area contributed by atoms with Crippen LogP contribution in [-0.2, 0) is 15.7 Å². The SMILES string of the molecule is CC(Cl)C(=O)NC(C)(C)c1noc(C(C)(C)C)n1. The van der Waals surface area contributed by atoms with Crippen molar-refractivity contribution < 1.29 is 9.32 Å². The summed E-state index contributed by atoms with van der Waals surface area (Å²) in [4.78, 5) is 15.9. The van der Waals surface area contributed by atoms with Crippen molar-refractivity contribution in [1.29, 1.82) is 0 Å².